The Hall–Kier alpha value is -2.21. The third-order valence-corrected chi connectivity index (χ3v) is 7.01. The van der Waals surface area contributed by atoms with Crippen molar-refractivity contribution < 1.29 is 28.8 Å². The van der Waals surface area contributed by atoms with Gasteiger partial charge in [0.2, 0.25) is 10.3 Å². The number of nitrogens with zero attached hydrogens (tertiary/aromatic N) is 2. The van der Waals surface area contributed by atoms with E-state index < -0.39 is 49.8 Å². The van der Waals surface area contributed by atoms with E-state index in [-0.39, 0.29) is 25.3 Å². The predicted molar refractivity (Wildman–Crippen MR) is 126 cm³/mol. The number of nitro groups is 1. The van der Waals surface area contributed by atoms with Crippen LogP contribution in [-0.2, 0) is 19.1 Å². The van der Waals surface area contributed by atoms with Gasteiger partial charge in [-0.3, -0.25) is 24.6 Å². The molecule has 0 spiro atoms. The van der Waals surface area contributed by atoms with Crippen LogP contribution < -0.4 is 10.1 Å². The van der Waals surface area contributed by atoms with Crippen molar-refractivity contribution in [1.82, 2.24) is 10.2 Å². The molecule has 0 aliphatic carbocycles. The molecule has 0 bridgehead atoms. The summed E-state index contributed by atoms with van der Waals surface area (Å²) in [5, 5.41) is 12.4. The molecule has 1 N–H and O–H groups in total. The maximum absolute atomic E-state index is 12.9. The summed E-state index contributed by atoms with van der Waals surface area (Å²) in [5.41, 5.74) is 0.366. The molecular formula is C20H20Cl3N3O7S. The molecule has 1 aromatic carbocycles. The number of amides is 2. The fraction of sp³-hybridized carbons (Fsp3) is 0.450. The third kappa shape index (κ3) is 6.47. The number of alkyl halides is 3. The van der Waals surface area contributed by atoms with Crippen molar-refractivity contribution in [3.8, 4) is 5.75 Å². The number of nitrogens with one attached hydrogen (secondary N) is 1. The van der Waals surface area contributed by atoms with Crippen molar-refractivity contribution in [2.45, 2.75) is 33.8 Å². The van der Waals surface area contributed by atoms with Crippen molar-refractivity contribution in [2.75, 3.05) is 19.8 Å². The summed E-state index contributed by atoms with van der Waals surface area (Å²) in [5.74, 6) is -1.47. The molecular weight excluding hydrogens is 533 g/mol. The first-order chi connectivity index (χ1) is 16.0. The van der Waals surface area contributed by atoms with Gasteiger partial charge in [0.1, 0.15) is 29.5 Å². The highest BCUT2D eigenvalue weighted by atomic mass is 35.6. The molecule has 1 fully saturated rings. The molecule has 14 heteroatoms. The highest BCUT2D eigenvalue weighted by Gasteiger charge is 2.56. The first-order valence-corrected chi connectivity index (χ1v) is 12.1. The molecule has 1 saturated heterocycles. The second kappa shape index (κ2) is 11.0. The van der Waals surface area contributed by atoms with Gasteiger partial charge in [0, 0.05) is 16.6 Å². The lowest BCUT2D eigenvalue weighted by Crippen LogP contribution is -2.71. The second-order valence-electron chi connectivity index (χ2n) is 7.44. The standard InChI is InChI=1S/C20H20Cl3N3O7S/c1-11-13(7-8-25(30)31)34-18-15(24-14(27)9-32-12-5-3-2-4-6-12)17(28)26(18)16(11)19(29)33-10-20(21,22)23/h2-6,13,15,18H,7-10H2,1H3,(H,24,27)/t13?,15?,18-/m1/s1. The van der Waals surface area contributed by atoms with E-state index in [9.17, 15) is 24.5 Å². The van der Waals surface area contributed by atoms with Gasteiger partial charge in [-0.25, -0.2) is 4.79 Å². The minimum atomic E-state index is -1.85. The minimum absolute atomic E-state index is 0.0672. The van der Waals surface area contributed by atoms with Gasteiger partial charge in [-0.05, 0) is 24.6 Å². The number of thioether (sulfide) groups is 1. The smallest absolute Gasteiger partial charge is 0.355 e. The Bertz CT molecular complexity index is 1000. The molecule has 1 aromatic rings. The van der Waals surface area contributed by atoms with Gasteiger partial charge in [-0.2, -0.15) is 0 Å². The van der Waals surface area contributed by atoms with Crippen LogP contribution in [-0.4, -0.2) is 67.8 Å². The quantitative estimate of drug-likeness (QED) is 0.163. The highest BCUT2D eigenvalue weighted by molar-refractivity contribution is 8.00. The van der Waals surface area contributed by atoms with Gasteiger partial charge in [-0.1, -0.05) is 53.0 Å². The summed E-state index contributed by atoms with van der Waals surface area (Å²) in [6.07, 6.45) is 0.112. The van der Waals surface area contributed by atoms with Crippen molar-refractivity contribution in [3.63, 3.8) is 0 Å². The molecule has 10 nitrogen and oxygen atoms in total. The van der Waals surface area contributed by atoms with E-state index in [4.69, 9.17) is 44.3 Å². The Labute approximate surface area is 214 Å². The molecule has 184 valence electrons. The van der Waals surface area contributed by atoms with Crippen LogP contribution in [0.1, 0.15) is 13.3 Å². The fourth-order valence-electron chi connectivity index (χ4n) is 3.45. The largest absolute Gasteiger partial charge is 0.484 e. The molecule has 2 aliphatic heterocycles. The summed E-state index contributed by atoms with van der Waals surface area (Å²) in [4.78, 5) is 49.6. The number of carbonyl (C=O) groups is 3. The zero-order valence-electron chi connectivity index (χ0n) is 17.7. The van der Waals surface area contributed by atoms with Gasteiger partial charge in [0.25, 0.3) is 11.8 Å². The van der Waals surface area contributed by atoms with Gasteiger partial charge in [0.05, 0.1) is 0 Å². The van der Waals surface area contributed by atoms with Crippen molar-refractivity contribution in [2.24, 2.45) is 0 Å². The minimum Gasteiger partial charge on any atom is -0.484 e. The van der Waals surface area contributed by atoms with Crippen LogP contribution in [0.5, 0.6) is 5.75 Å². The van der Waals surface area contributed by atoms with Crippen molar-refractivity contribution in [1.29, 1.82) is 0 Å². The number of halogens is 3. The molecule has 34 heavy (non-hydrogen) atoms. The Morgan fingerprint density at radius 3 is 2.56 bits per heavy atom. The van der Waals surface area contributed by atoms with Gasteiger partial charge < -0.3 is 14.8 Å². The van der Waals surface area contributed by atoms with E-state index in [1.54, 1.807) is 37.3 Å². The monoisotopic (exact) mass is 551 g/mol. The molecule has 0 saturated carbocycles. The van der Waals surface area contributed by atoms with Gasteiger partial charge in [-0.15, -0.1) is 11.8 Å². The molecule has 0 radical (unpaired) electrons. The molecule has 3 rings (SSSR count). The zero-order chi connectivity index (χ0) is 25.0. The number of esters is 1. The van der Waals surface area contributed by atoms with Crippen LogP contribution >= 0.6 is 46.6 Å². The maximum atomic E-state index is 12.9. The Kier molecular flexibility index (Phi) is 8.56. The number of ether oxygens (including phenoxy) is 2. The fourth-order valence-corrected chi connectivity index (χ4v) is 5.18. The number of β-lactam (4-membered cyclic amide) rings is 1. The van der Waals surface area contributed by atoms with Crippen LogP contribution in [0.25, 0.3) is 0 Å². The van der Waals surface area contributed by atoms with Crippen LogP contribution in [0.3, 0.4) is 0 Å². The van der Waals surface area contributed by atoms with Crippen LogP contribution in [0, 0.1) is 10.1 Å². The van der Waals surface area contributed by atoms with Crippen LogP contribution in [0.15, 0.2) is 41.6 Å². The molecule has 2 amide bonds. The highest BCUT2D eigenvalue weighted by Crippen LogP contribution is 2.45. The zero-order valence-corrected chi connectivity index (χ0v) is 20.8. The number of carbonyl (C=O) groups excluding carboxylic acids is 3. The first kappa shape index (κ1) is 26.4. The van der Waals surface area contributed by atoms with Crippen LogP contribution in [0.4, 0.5) is 0 Å². The molecule has 0 aromatic heterocycles. The third-order valence-electron chi connectivity index (χ3n) is 5.01. The second-order valence-corrected chi connectivity index (χ2v) is 11.3. The summed E-state index contributed by atoms with van der Waals surface area (Å²) in [6, 6.07) is 7.73. The number of para-hydroxylation sites is 1. The summed E-state index contributed by atoms with van der Waals surface area (Å²) >= 11 is 18.2. The normalized spacial score (nSPS) is 21.9. The van der Waals surface area contributed by atoms with Gasteiger partial charge >= 0.3 is 5.97 Å². The lowest BCUT2D eigenvalue weighted by Gasteiger charge is -2.51. The Morgan fingerprint density at radius 2 is 1.94 bits per heavy atom. The van der Waals surface area contributed by atoms with Gasteiger partial charge in [0.15, 0.2) is 6.61 Å². The van der Waals surface area contributed by atoms with E-state index in [0.717, 1.165) is 0 Å². The first-order valence-electron chi connectivity index (χ1n) is 10.00. The number of rotatable bonds is 9. The van der Waals surface area contributed by atoms with E-state index in [1.807, 2.05) is 0 Å². The number of hydrogen-bond acceptors (Lipinski definition) is 8. The predicted octanol–water partition coefficient (Wildman–Crippen LogP) is 2.69. The lowest BCUT2D eigenvalue weighted by atomic mass is 10.00. The molecule has 3 atom stereocenters. The molecule has 2 unspecified atom stereocenters. The summed E-state index contributed by atoms with van der Waals surface area (Å²) in [6.45, 7) is 0.382. The topological polar surface area (TPSA) is 128 Å². The van der Waals surface area contributed by atoms with E-state index in [0.29, 0.717) is 11.3 Å². The summed E-state index contributed by atoms with van der Waals surface area (Å²) in [7, 11) is 0. The summed E-state index contributed by atoms with van der Waals surface area (Å²) < 4.78 is 8.60. The Morgan fingerprint density at radius 1 is 1.26 bits per heavy atom. The van der Waals surface area contributed by atoms with Crippen molar-refractivity contribution >= 4 is 64.3 Å². The SMILES string of the molecule is CC1=C(C(=O)OCC(Cl)(Cl)Cl)N2C(=O)C(NC(=O)COc3ccccc3)[C@H]2SC1CC[N+](=O)[O-]. The van der Waals surface area contributed by atoms with Crippen LogP contribution in [0.2, 0.25) is 0 Å². The van der Waals surface area contributed by atoms with E-state index in [2.05, 4.69) is 5.32 Å². The van der Waals surface area contributed by atoms with E-state index >= 15 is 0 Å². The molecule has 2 aliphatic rings. The number of hydrogen-bond donors (Lipinski definition) is 1. The maximum Gasteiger partial charge on any atom is 0.355 e. The average molecular weight is 553 g/mol. The number of fused-ring (bicyclic) bond motifs is 1. The molecule has 2 heterocycles. The Balaban J connectivity index is 1.73. The van der Waals surface area contributed by atoms with Crippen molar-refractivity contribution in [3.05, 3.63) is 51.7 Å². The average Bonchev–Trinajstić information content (AvgIpc) is 2.78. The number of benzene rings is 1. The lowest BCUT2D eigenvalue weighted by molar-refractivity contribution is -0.480. The van der Waals surface area contributed by atoms with E-state index in [1.165, 1.54) is 16.7 Å².